The fraction of sp³-hybridized carbons (Fsp3) is 1.00. The summed E-state index contributed by atoms with van der Waals surface area (Å²) in [7, 11) is -3.06. The van der Waals surface area contributed by atoms with Crippen molar-refractivity contribution in [1.29, 1.82) is 0 Å². The minimum Gasteiger partial charge on any atom is -0.315 e. The lowest BCUT2D eigenvalue weighted by atomic mass is 10.1. The van der Waals surface area contributed by atoms with Crippen LogP contribution in [0.4, 0.5) is 0 Å². The molecule has 5 heteroatoms. The van der Waals surface area contributed by atoms with Crippen LogP contribution < -0.4 is 10.0 Å². The zero-order valence-corrected chi connectivity index (χ0v) is 14.4. The Hall–Kier alpha value is -0.130. The second-order valence-corrected chi connectivity index (χ2v) is 7.72. The van der Waals surface area contributed by atoms with E-state index in [0.29, 0.717) is 12.6 Å². The normalized spacial score (nSPS) is 12.2. The summed E-state index contributed by atoms with van der Waals surface area (Å²) in [6, 6.07) is 0.470. The summed E-state index contributed by atoms with van der Waals surface area (Å²) in [5.74, 6) is 0.253. The molecule has 0 aromatic carbocycles. The van der Waals surface area contributed by atoms with Crippen molar-refractivity contribution < 1.29 is 8.42 Å². The molecule has 0 radical (unpaired) electrons. The summed E-state index contributed by atoms with van der Waals surface area (Å²) in [4.78, 5) is 0. The van der Waals surface area contributed by atoms with Crippen LogP contribution in [-0.4, -0.2) is 33.3 Å². The second kappa shape index (κ2) is 12.6. The van der Waals surface area contributed by atoms with Gasteiger partial charge in [0.25, 0.3) is 0 Å². The summed E-state index contributed by atoms with van der Waals surface area (Å²) < 4.78 is 26.2. The molecule has 0 aliphatic heterocycles. The molecule has 0 heterocycles. The molecule has 4 nitrogen and oxygen atoms in total. The summed E-state index contributed by atoms with van der Waals surface area (Å²) in [5, 5.41) is 3.29. The molecule has 0 saturated heterocycles. The van der Waals surface area contributed by atoms with Gasteiger partial charge < -0.3 is 5.32 Å². The largest absolute Gasteiger partial charge is 0.315 e. The van der Waals surface area contributed by atoms with Crippen LogP contribution in [0.2, 0.25) is 0 Å². The molecule has 0 spiro atoms. The van der Waals surface area contributed by atoms with Crippen molar-refractivity contribution in [2.24, 2.45) is 0 Å². The summed E-state index contributed by atoms with van der Waals surface area (Å²) >= 11 is 0. The molecule has 0 fully saturated rings. The van der Waals surface area contributed by atoms with Crippen LogP contribution >= 0.6 is 0 Å². The first-order valence-electron chi connectivity index (χ1n) is 8.18. The molecular weight excluding hydrogens is 272 g/mol. The van der Waals surface area contributed by atoms with Gasteiger partial charge >= 0.3 is 0 Å². The van der Waals surface area contributed by atoms with E-state index < -0.39 is 10.0 Å². The molecule has 0 saturated carbocycles. The maximum Gasteiger partial charge on any atom is 0.211 e. The SMILES string of the molecule is CCCCCCCCNS(=O)(=O)CCCCNC(C)C. The Morgan fingerprint density at radius 2 is 1.45 bits per heavy atom. The molecule has 0 aromatic heterocycles. The molecule has 122 valence electrons. The Labute approximate surface area is 126 Å². The van der Waals surface area contributed by atoms with Gasteiger partial charge in [-0.1, -0.05) is 52.9 Å². The summed E-state index contributed by atoms with van der Waals surface area (Å²) in [6.45, 7) is 7.88. The van der Waals surface area contributed by atoms with Gasteiger partial charge in [0.1, 0.15) is 0 Å². The number of unbranched alkanes of at least 4 members (excludes halogenated alkanes) is 6. The van der Waals surface area contributed by atoms with Crippen LogP contribution in [0.5, 0.6) is 0 Å². The van der Waals surface area contributed by atoms with E-state index in [-0.39, 0.29) is 5.75 Å². The minimum absolute atomic E-state index is 0.253. The van der Waals surface area contributed by atoms with E-state index in [1.807, 2.05) is 0 Å². The maximum atomic E-state index is 11.7. The third kappa shape index (κ3) is 14.3. The first-order chi connectivity index (χ1) is 9.48. The molecule has 0 rings (SSSR count). The Morgan fingerprint density at radius 3 is 2.10 bits per heavy atom. The molecule has 0 aliphatic rings. The van der Waals surface area contributed by atoms with Crippen molar-refractivity contribution in [1.82, 2.24) is 10.0 Å². The lowest BCUT2D eigenvalue weighted by molar-refractivity contribution is 0.551. The third-order valence-corrected chi connectivity index (χ3v) is 4.71. The molecular formula is C15H34N2O2S. The van der Waals surface area contributed by atoms with Crippen molar-refractivity contribution >= 4 is 10.0 Å². The molecule has 0 unspecified atom stereocenters. The molecule has 0 amide bonds. The molecule has 0 aliphatic carbocycles. The van der Waals surface area contributed by atoms with Crippen molar-refractivity contribution in [3.05, 3.63) is 0 Å². The van der Waals surface area contributed by atoms with E-state index >= 15 is 0 Å². The maximum absolute atomic E-state index is 11.7. The van der Waals surface area contributed by atoms with E-state index in [1.54, 1.807) is 0 Å². The van der Waals surface area contributed by atoms with Gasteiger partial charge in [-0.15, -0.1) is 0 Å². The predicted octanol–water partition coefficient (Wildman–Crippen LogP) is 3.04. The van der Waals surface area contributed by atoms with Crippen LogP contribution in [0, 0.1) is 0 Å². The molecule has 0 aromatic rings. The average Bonchev–Trinajstić information content (AvgIpc) is 2.36. The second-order valence-electron chi connectivity index (χ2n) is 5.80. The van der Waals surface area contributed by atoms with E-state index in [2.05, 4.69) is 30.8 Å². The molecule has 2 N–H and O–H groups in total. The number of nitrogens with one attached hydrogen (secondary N) is 2. The van der Waals surface area contributed by atoms with E-state index in [0.717, 1.165) is 32.2 Å². The lowest BCUT2D eigenvalue weighted by Gasteiger charge is -2.09. The van der Waals surface area contributed by atoms with Crippen LogP contribution in [-0.2, 0) is 10.0 Å². The van der Waals surface area contributed by atoms with Gasteiger partial charge in [-0.25, -0.2) is 13.1 Å². The Bertz CT molecular complexity index is 303. The number of hydrogen-bond donors (Lipinski definition) is 2. The van der Waals surface area contributed by atoms with E-state index in [9.17, 15) is 8.42 Å². The lowest BCUT2D eigenvalue weighted by Crippen LogP contribution is -2.28. The van der Waals surface area contributed by atoms with Gasteiger partial charge in [-0.05, 0) is 25.8 Å². The summed E-state index contributed by atoms with van der Waals surface area (Å²) in [5.41, 5.74) is 0. The number of rotatable bonds is 14. The monoisotopic (exact) mass is 306 g/mol. The average molecular weight is 307 g/mol. The first-order valence-corrected chi connectivity index (χ1v) is 9.84. The molecule has 0 bridgehead atoms. The molecule has 0 atom stereocenters. The highest BCUT2D eigenvalue weighted by Crippen LogP contribution is 2.04. The van der Waals surface area contributed by atoms with Crippen molar-refractivity contribution in [2.45, 2.75) is 78.2 Å². The minimum atomic E-state index is -3.06. The van der Waals surface area contributed by atoms with Crippen LogP contribution in [0.1, 0.15) is 72.1 Å². The van der Waals surface area contributed by atoms with Gasteiger partial charge in [0.05, 0.1) is 5.75 Å². The van der Waals surface area contributed by atoms with Crippen molar-refractivity contribution in [3.8, 4) is 0 Å². The van der Waals surface area contributed by atoms with Gasteiger partial charge in [-0.2, -0.15) is 0 Å². The fourth-order valence-corrected chi connectivity index (χ4v) is 3.20. The van der Waals surface area contributed by atoms with Gasteiger partial charge in [0.15, 0.2) is 0 Å². The number of sulfonamides is 1. The highest BCUT2D eigenvalue weighted by molar-refractivity contribution is 7.89. The zero-order valence-electron chi connectivity index (χ0n) is 13.6. The Balaban J connectivity index is 3.45. The van der Waals surface area contributed by atoms with Crippen molar-refractivity contribution in [3.63, 3.8) is 0 Å². The van der Waals surface area contributed by atoms with Crippen LogP contribution in [0.25, 0.3) is 0 Å². The predicted molar refractivity (Wildman–Crippen MR) is 87.5 cm³/mol. The Kier molecular flexibility index (Phi) is 12.5. The molecule has 20 heavy (non-hydrogen) atoms. The fourth-order valence-electron chi connectivity index (χ4n) is 2.01. The highest BCUT2D eigenvalue weighted by Gasteiger charge is 2.08. The topological polar surface area (TPSA) is 58.2 Å². The van der Waals surface area contributed by atoms with Gasteiger partial charge in [-0.3, -0.25) is 0 Å². The number of hydrogen-bond acceptors (Lipinski definition) is 3. The third-order valence-electron chi connectivity index (χ3n) is 3.24. The van der Waals surface area contributed by atoms with E-state index in [1.165, 1.54) is 25.7 Å². The highest BCUT2D eigenvalue weighted by atomic mass is 32.2. The quantitative estimate of drug-likeness (QED) is 0.485. The standard InChI is InChI=1S/C15H34N2O2S/c1-4-5-6-7-8-9-13-17-20(18,19)14-11-10-12-16-15(2)3/h15-17H,4-14H2,1-3H3. The van der Waals surface area contributed by atoms with Gasteiger partial charge in [0.2, 0.25) is 10.0 Å². The Morgan fingerprint density at radius 1 is 0.850 bits per heavy atom. The van der Waals surface area contributed by atoms with Crippen LogP contribution in [0.15, 0.2) is 0 Å². The van der Waals surface area contributed by atoms with E-state index in [4.69, 9.17) is 0 Å². The van der Waals surface area contributed by atoms with Crippen LogP contribution in [0.3, 0.4) is 0 Å². The smallest absolute Gasteiger partial charge is 0.211 e. The van der Waals surface area contributed by atoms with Crippen molar-refractivity contribution in [2.75, 3.05) is 18.8 Å². The summed E-state index contributed by atoms with van der Waals surface area (Å²) in [6.07, 6.45) is 8.75. The first kappa shape index (κ1) is 19.9. The zero-order chi connectivity index (χ0) is 15.3. The van der Waals surface area contributed by atoms with Gasteiger partial charge in [0, 0.05) is 12.6 Å².